The molecule has 2 aromatic carbocycles. The van der Waals surface area contributed by atoms with Crippen molar-refractivity contribution in [3.63, 3.8) is 0 Å². The molecule has 0 unspecified atom stereocenters. The van der Waals surface area contributed by atoms with E-state index in [4.69, 9.17) is 4.74 Å². The van der Waals surface area contributed by atoms with Gasteiger partial charge < -0.3 is 15.4 Å². The fourth-order valence-corrected chi connectivity index (χ4v) is 2.29. The molecule has 2 rings (SSSR count). The summed E-state index contributed by atoms with van der Waals surface area (Å²) in [5, 5.41) is 14.9. The SMILES string of the molecule is COc1ccc(NC(=O)/C(C#N)=C\NCCc2ccccc2C)cc1. The molecule has 5 heteroatoms. The Kier molecular flexibility index (Phi) is 6.61. The van der Waals surface area contributed by atoms with Gasteiger partial charge in [0.25, 0.3) is 5.91 Å². The number of ether oxygens (including phenoxy) is 1. The molecule has 5 nitrogen and oxygen atoms in total. The van der Waals surface area contributed by atoms with Crippen LogP contribution in [0.25, 0.3) is 0 Å². The van der Waals surface area contributed by atoms with Gasteiger partial charge in [-0.15, -0.1) is 0 Å². The number of carbonyl (C=O) groups excluding carboxylic acids is 1. The van der Waals surface area contributed by atoms with E-state index in [1.54, 1.807) is 31.4 Å². The number of benzene rings is 2. The van der Waals surface area contributed by atoms with Crippen LogP contribution in [0.2, 0.25) is 0 Å². The zero-order valence-electron chi connectivity index (χ0n) is 14.4. The van der Waals surface area contributed by atoms with E-state index >= 15 is 0 Å². The Bertz CT molecular complexity index is 789. The second-order valence-electron chi connectivity index (χ2n) is 5.48. The molecule has 0 aliphatic heterocycles. The molecular weight excluding hydrogens is 314 g/mol. The molecule has 1 amide bonds. The maximum atomic E-state index is 12.1. The minimum Gasteiger partial charge on any atom is -0.497 e. The third-order valence-electron chi connectivity index (χ3n) is 3.76. The van der Waals surface area contributed by atoms with E-state index < -0.39 is 5.91 Å². The molecule has 128 valence electrons. The van der Waals surface area contributed by atoms with Gasteiger partial charge in [0.05, 0.1) is 7.11 Å². The van der Waals surface area contributed by atoms with Crippen LogP contribution in [0.3, 0.4) is 0 Å². The summed E-state index contributed by atoms with van der Waals surface area (Å²) in [7, 11) is 1.58. The second kappa shape index (κ2) is 9.14. The van der Waals surface area contributed by atoms with Gasteiger partial charge >= 0.3 is 0 Å². The van der Waals surface area contributed by atoms with Gasteiger partial charge in [0.2, 0.25) is 0 Å². The number of hydrogen-bond donors (Lipinski definition) is 2. The van der Waals surface area contributed by atoms with Gasteiger partial charge in [-0.25, -0.2) is 0 Å². The number of nitriles is 1. The molecule has 0 atom stereocenters. The summed E-state index contributed by atoms with van der Waals surface area (Å²) in [6, 6.07) is 17.0. The lowest BCUT2D eigenvalue weighted by Gasteiger charge is -2.07. The van der Waals surface area contributed by atoms with Crippen molar-refractivity contribution in [1.29, 1.82) is 5.26 Å². The van der Waals surface area contributed by atoms with Crippen LogP contribution >= 0.6 is 0 Å². The van der Waals surface area contributed by atoms with Crippen molar-refractivity contribution in [2.24, 2.45) is 0 Å². The highest BCUT2D eigenvalue weighted by atomic mass is 16.5. The minimum atomic E-state index is -0.448. The standard InChI is InChI=1S/C20H21N3O2/c1-15-5-3-4-6-16(15)11-12-22-14-17(13-21)20(24)23-18-7-9-19(25-2)10-8-18/h3-10,14,22H,11-12H2,1-2H3,(H,23,24)/b17-14-. The number of methoxy groups -OCH3 is 1. The Morgan fingerprint density at radius 2 is 1.92 bits per heavy atom. The van der Waals surface area contributed by atoms with E-state index in [2.05, 4.69) is 29.7 Å². The first kappa shape index (κ1) is 18.1. The third-order valence-corrected chi connectivity index (χ3v) is 3.76. The summed E-state index contributed by atoms with van der Waals surface area (Å²) in [6.45, 7) is 2.71. The summed E-state index contributed by atoms with van der Waals surface area (Å²) in [5.74, 6) is 0.253. The Hall–Kier alpha value is -3.26. The number of aryl methyl sites for hydroxylation is 1. The molecule has 0 aliphatic carbocycles. The van der Waals surface area contributed by atoms with Crippen molar-refractivity contribution < 1.29 is 9.53 Å². The van der Waals surface area contributed by atoms with Crippen molar-refractivity contribution >= 4 is 11.6 Å². The van der Waals surface area contributed by atoms with Crippen LogP contribution in [0.5, 0.6) is 5.75 Å². The van der Waals surface area contributed by atoms with E-state index in [0.717, 1.165) is 6.42 Å². The van der Waals surface area contributed by atoms with E-state index in [0.29, 0.717) is 18.0 Å². The minimum absolute atomic E-state index is 0.0283. The van der Waals surface area contributed by atoms with Gasteiger partial charge in [-0.05, 0) is 48.7 Å². The van der Waals surface area contributed by atoms with Crippen molar-refractivity contribution in [2.75, 3.05) is 19.0 Å². The van der Waals surface area contributed by atoms with Gasteiger partial charge in [0.1, 0.15) is 17.4 Å². The molecule has 0 radical (unpaired) electrons. The quantitative estimate of drug-likeness (QED) is 0.463. The zero-order chi connectivity index (χ0) is 18.1. The predicted molar refractivity (Wildman–Crippen MR) is 98.2 cm³/mol. The predicted octanol–water partition coefficient (Wildman–Crippen LogP) is 3.18. The van der Waals surface area contributed by atoms with E-state index in [1.807, 2.05) is 18.2 Å². The van der Waals surface area contributed by atoms with Crippen LogP contribution in [0.4, 0.5) is 5.69 Å². The normalized spacial score (nSPS) is 10.7. The average Bonchev–Trinajstić information content (AvgIpc) is 2.63. The molecule has 2 aromatic rings. The van der Waals surface area contributed by atoms with Gasteiger partial charge in [-0.2, -0.15) is 5.26 Å². The Labute approximate surface area is 147 Å². The summed E-state index contributed by atoms with van der Waals surface area (Å²) in [4.78, 5) is 12.1. The van der Waals surface area contributed by atoms with Gasteiger partial charge in [0.15, 0.2) is 0 Å². The first-order valence-electron chi connectivity index (χ1n) is 7.97. The number of nitrogens with one attached hydrogen (secondary N) is 2. The molecule has 0 aliphatic rings. The zero-order valence-corrected chi connectivity index (χ0v) is 14.4. The van der Waals surface area contributed by atoms with Crippen LogP contribution in [0.1, 0.15) is 11.1 Å². The average molecular weight is 335 g/mol. The molecular formula is C20H21N3O2. The molecule has 0 spiro atoms. The fraction of sp³-hybridized carbons (Fsp3) is 0.200. The van der Waals surface area contributed by atoms with E-state index in [-0.39, 0.29) is 5.57 Å². The van der Waals surface area contributed by atoms with Crippen LogP contribution in [0.15, 0.2) is 60.3 Å². The molecule has 2 N–H and O–H groups in total. The maximum Gasteiger partial charge on any atom is 0.267 e. The molecule has 0 aromatic heterocycles. The van der Waals surface area contributed by atoms with E-state index in [1.165, 1.54) is 17.3 Å². The van der Waals surface area contributed by atoms with Gasteiger partial charge in [0, 0.05) is 18.4 Å². The van der Waals surface area contributed by atoms with Gasteiger partial charge in [-0.3, -0.25) is 4.79 Å². The number of anilines is 1. The molecule has 0 saturated heterocycles. The van der Waals surface area contributed by atoms with Crippen molar-refractivity contribution in [3.05, 3.63) is 71.4 Å². The van der Waals surface area contributed by atoms with Crippen LogP contribution in [-0.4, -0.2) is 19.6 Å². The van der Waals surface area contributed by atoms with E-state index in [9.17, 15) is 10.1 Å². The Morgan fingerprint density at radius 1 is 1.20 bits per heavy atom. The Morgan fingerprint density at radius 3 is 2.56 bits per heavy atom. The lowest BCUT2D eigenvalue weighted by Crippen LogP contribution is -2.18. The monoisotopic (exact) mass is 335 g/mol. The molecule has 25 heavy (non-hydrogen) atoms. The summed E-state index contributed by atoms with van der Waals surface area (Å²) in [6.07, 6.45) is 2.28. The summed E-state index contributed by atoms with van der Waals surface area (Å²) < 4.78 is 5.07. The summed E-state index contributed by atoms with van der Waals surface area (Å²) >= 11 is 0. The van der Waals surface area contributed by atoms with Crippen LogP contribution in [0, 0.1) is 18.3 Å². The largest absolute Gasteiger partial charge is 0.497 e. The van der Waals surface area contributed by atoms with Gasteiger partial charge in [-0.1, -0.05) is 24.3 Å². The number of rotatable bonds is 7. The molecule has 0 heterocycles. The Balaban J connectivity index is 1.89. The number of amides is 1. The number of carbonyl (C=O) groups is 1. The summed E-state index contributed by atoms with van der Waals surface area (Å²) in [5.41, 5.74) is 3.10. The van der Waals surface area contributed by atoms with Crippen LogP contribution in [-0.2, 0) is 11.2 Å². The first-order valence-corrected chi connectivity index (χ1v) is 7.97. The fourth-order valence-electron chi connectivity index (χ4n) is 2.29. The van der Waals surface area contributed by atoms with Crippen molar-refractivity contribution in [1.82, 2.24) is 5.32 Å². The highest BCUT2D eigenvalue weighted by Gasteiger charge is 2.09. The molecule has 0 saturated carbocycles. The van der Waals surface area contributed by atoms with Crippen molar-refractivity contribution in [3.8, 4) is 11.8 Å². The third kappa shape index (κ3) is 5.40. The van der Waals surface area contributed by atoms with Crippen molar-refractivity contribution in [2.45, 2.75) is 13.3 Å². The molecule has 0 fully saturated rings. The highest BCUT2D eigenvalue weighted by molar-refractivity contribution is 6.06. The lowest BCUT2D eigenvalue weighted by molar-refractivity contribution is -0.112. The second-order valence-corrected chi connectivity index (χ2v) is 5.48. The number of hydrogen-bond acceptors (Lipinski definition) is 4. The van der Waals surface area contributed by atoms with Crippen LogP contribution < -0.4 is 15.4 Å². The maximum absolute atomic E-state index is 12.1. The number of nitrogens with zero attached hydrogens (tertiary/aromatic N) is 1. The smallest absolute Gasteiger partial charge is 0.267 e. The lowest BCUT2D eigenvalue weighted by atomic mass is 10.1. The highest BCUT2D eigenvalue weighted by Crippen LogP contribution is 2.15. The topological polar surface area (TPSA) is 74.1 Å². The first-order chi connectivity index (χ1) is 12.1. The molecule has 0 bridgehead atoms.